The van der Waals surface area contributed by atoms with Crippen LogP contribution in [0.2, 0.25) is 0 Å². The van der Waals surface area contributed by atoms with Crippen LogP contribution in [0.15, 0.2) is 115 Å². The van der Waals surface area contributed by atoms with Crippen LogP contribution in [0.1, 0.15) is 92.3 Å². The molecule has 5 rings (SSSR count). The van der Waals surface area contributed by atoms with Gasteiger partial charge in [0, 0.05) is 30.2 Å². The number of ether oxygens (including phenoxy) is 6. The maximum atomic E-state index is 13.2. The number of nitrogens with one attached hydrogen (secondary N) is 1. The highest BCUT2D eigenvalue weighted by Crippen LogP contribution is 2.35. The lowest BCUT2D eigenvalue weighted by molar-refractivity contribution is -0.154. The number of benzene rings is 4. The van der Waals surface area contributed by atoms with Gasteiger partial charge in [-0.1, -0.05) is 48.2 Å². The van der Waals surface area contributed by atoms with Crippen molar-refractivity contribution in [3.63, 3.8) is 0 Å². The van der Waals surface area contributed by atoms with Crippen molar-refractivity contribution in [2.24, 2.45) is 5.10 Å². The third-order valence-corrected chi connectivity index (χ3v) is 9.30. The number of esters is 3. The highest BCUT2D eigenvalue weighted by atomic mass is 32.1. The summed E-state index contributed by atoms with van der Waals surface area (Å²) in [5, 5.41) is 4.91. The van der Waals surface area contributed by atoms with Gasteiger partial charge in [-0.3, -0.25) is 5.43 Å². The highest BCUT2D eigenvalue weighted by molar-refractivity contribution is 7.22. The molecule has 4 aromatic carbocycles. The first kappa shape index (κ1) is 47.3. The van der Waals surface area contributed by atoms with Crippen LogP contribution in [0.5, 0.6) is 28.7 Å². The molecule has 0 radical (unpaired) electrons. The Hall–Kier alpha value is -6.73. The number of rotatable bonds is 17. The quantitative estimate of drug-likeness (QED) is 0.0313. The van der Waals surface area contributed by atoms with Crippen molar-refractivity contribution in [1.29, 1.82) is 0 Å². The molecule has 12 nitrogen and oxygen atoms in total. The van der Waals surface area contributed by atoms with E-state index in [9.17, 15) is 14.4 Å². The normalized spacial score (nSPS) is 12.4. The topological polar surface area (TPSA) is 144 Å². The van der Waals surface area contributed by atoms with Crippen molar-refractivity contribution in [2.75, 3.05) is 5.43 Å². The van der Waals surface area contributed by atoms with Crippen LogP contribution in [0.4, 0.5) is 5.13 Å². The van der Waals surface area contributed by atoms with Crippen molar-refractivity contribution in [3.8, 4) is 28.7 Å². The Bertz CT molecular complexity index is 2490. The predicted octanol–water partition coefficient (Wildman–Crippen LogP) is 11.4. The Kier molecular flexibility index (Phi) is 15.0. The van der Waals surface area contributed by atoms with E-state index in [4.69, 9.17) is 28.4 Å². The summed E-state index contributed by atoms with van der Waals surface area (Å²) in [5.74, 6) is 0.320. The second-order valence-corrected chi connectivity index (χ2v) is 18.7. The number of hydrogen-bond donors (Lipinski definition) is 1. The molecule has 0 saturated heterocycles. The number of hydrazone groups is 1. The Morgan fingerprint density at radius 2 is 1.27 bits per heavy atom. The lowest BCUT2D eigenvalue weighted by Gasteiger charge is -2.34. The van der Waals surface area contributed by atoms with E-state index in [0.29, 0.717) is 39.9 Å². The molecule has 0 fully saturated rings. The number of aromatic nitrogens is 1. The number of carbonyl (C=O) groups is 3. The SMILES string of the molecule is C=CC(=O)OC(C)(C)CC(C)(C)Oc1ccc(/C=C/C(=O)Oc2ccc(OC(=O)/C=C/c3ccc(OC(C)(C)C)c(OC(C)(C)C)c3)c(/C=N/Nc3nc4ccccc4s3)c2)cc1. The van der Waals surface area contributed by atoms with Crippen LogP contribution in [-0.4, -0.2) is 51.5 Å². The zero-order valence-corrected chi connectivity index (χ0v) is 38.3. The average Bonchev–Trinajstić information content (AvgIpc) is 3.59. The van der Waals surface area contributed by atoms with Gasteiger partial charge in [-0.25, -0.2) is 19.4 Å². The van der Waals surface area contributed by atoms with E-state index in [-0.39, 0.29) is 11.5 Å². The third kappa shape index (κ3) is 15.6. The molecule has 5 aromatic rings. The second kappa shape index (κ2) is 20.0. The van der Waals surface area contributed by atoms with E-state index >= 15 is 0 Å². The number of hydrogen-bond acceptors (Lipinski definition) is 13. The molecule has 13 heteroatoms. The minimum atomic E-state index is -0.773. The number of thiazole rings is 1. The summed E-state index contributed by atoms with van der Waals surface area (Å²) < 4.78 is 36.4. The molecule has 0 saturated carbocycles. The molecule has 0 aliphatic rings. The minimum Gasteiger partial charge on any atom is -0.488 e. The van der Waals surface area contributed by atoms with Crippen LogP contribution in [0.3, 0.4) is 0 Å². The van der Waals surface area contributed by atoms with Gasteiger partial charge in [0.05, 0.1) is 16.4 Å². The highest BCUT2D eigenvalue weighted by Gasteiger charge is 2.33. The fourth-order valence-corrected chi connectivity index (χ4v) is 7.13. The summed E-state index contributed by atoms with van der Waals surface area (Å²) in [5.41, 5.74) is 3.18. The second-order valence-electron chi connectivity index (χ2n) is 17.7. The number of carbonyl (C=O) groups excluding carboxylic acids is 3. The van der Waals surface area contributed by atoms with Crippen LogP contribution < -0.4 is 29.1 Å². The maximum Gasteiger partial charge on any atom is 0.336 e. The summed E-state index contributed by atoms with van der Waals surface area (Å²) in [6.07, 6.45) is 8.87. The lowest BCUT2D eigenvalue weighted by atomic mass is 9.92. The first-order valence-electron chi connectivity index (χ1n) is 20.3. The molecule has 0 spiro atoms. The molecule has 0 aliphatic heterocycles. The summed E-state index contributed by atoms with van der Waals surface area (Å²) in [4.78, 5) is 42.5. The zero-order valence-electron chi connectivity index (χ0n) is 37.4. The molecule has 1 N–H and O–H groups in total. The number of nitrogens with zero attached hydrogens (tertiary/aromatic N) is 2. The van der Waals surface area contributed by atoms with Gasteiger partial charge in [0.1, 0.15) is 39.7 Å². The van der Waals surface area contributed by atoms with Crippen molar-refractivity contribution in [1.82, 2.24) is 4.98 Å². The molecule has 63 heavy (non-hydrogen) atoms. The van der Waals surface area contributed by atoms with Crippen LogP contribution in [0.25, 0.3) is 22.4 Å². The Balaban J connectivity index is 1.29. The van der Waals surface area contributed by atoms with E-state index < -0.39 is 40.3 Å². The number of para-hydroxylation sites is 1. The zero-order chi connectivity index (χ0) is 46.0. The first-order valence-corrected chi connectivity index (χ1v) is 21.1. The fourth-order valence-electron chi connectivity index (χ4n) is 6.31. The Morgan fingerprint density at radius 1 is 0.667 bits per heavy atom. The van der Waals surface area contributed by atoms with Gasteiger partial charge in [-0.2, -0.15) is 5.10 Å². The van der Waals surface area contributed by atoms with Crippen LogP contribution in [-0.2, 0) is 19.1 Å². The van der Waals surface area contributed by atoms with Gasteiger partial charge < -0.3 is 28.4 Å². The Morgan fingerprint density at radius 3 is 1.94 bits per heavy atom. The molecule has 0 amide bonds. The van der Waals surface area contributed by atoms with Gasteiger partial charge in [-0.05, 0) is 147 Å². The van der Waals surface area contributed by atoms with E-state index in [2.05, 4.69) is 22.1 Å². The molecule has 0 atom stereocenters. The van der Waals surface area contributed by atoms with E-state index in [0.717, 1.165) is 21.9 Å². The standard InChI is InChI=1S/C50H55N3O9S/c1-12-43(54)62-50(10,11)32-49(8,9)59-36-22-17-33(18-23-36)20-27-44(55)57-37-24-26-39(35(30-37)31-51-53-46-52-38-15-13-14-16-42(38)63-46)58-45(56)28-21-34-19-25-40(60-47(2,3)4)41(29-34)61-48(5,6)7/h12-31H,1,32H2,2-11H3,(H,52,53)/b27-20+,28-21+,51-31+. The van der Waals surface area contributed by atoms with Gasteiger partial charge in [-0.15, -0.1) is 0 Å². The van der Waals surface area contributed by atoms with Crippen LogP contribution >= 0.6 is 11.3 Å². The van der Waals surface area contributed by atoms with E-state index in [1.165, 1.54) is 41.8 Å². The smallest absolute Gasteiger partial charge is 0.336 e. The predicted molar refractivity (Wildman–Crippen MR) is 250 cm³/mol. The minimum absolute atomic E-state index is 0.173. The summed E-state index contributed by atoms with van der Waals surface area (Å²) >= 11 is 1.43. The first-order chi connectivity index (χ1) is 29.5. The van der Waals surface area contributed by atoms with Gasteiger partial charge in [0.2, 0.25) is 5.13 Å². The van der Waals surface area contributed by atoms with Crippen LogP contribution in [0, 0.1) is 0 Å². The fraction of sp³-hybridized carbons (Fsp3) is 0.300. The summed E-state index contributed by atoms with van der Waals surface area (Å²) in [7, 11) is 0. The molecule has 0 aliphatic carbocycles. The van der Waals surface area contributed by atoms with Crippen molar-refractivity contribution >= 4 is 63.0 Å². The molecule has 330 valence electrons. The van der Waals surface area contributed by atoms with Gasteiger partial charge >= 0.3 is 17.9 Å². The van der Waals surface area contributed by atoms with E-state index in [1.54, 1.807) is 48.6 Å². The lowest BCUT2D eigenvalue weighted by Crippen LogP contribution is -2.40. The monoisotopic (exact) mass is 873 g/mol. The summed E-state index contributed by atoms with van der Waals surface area (Å²) in [6.45, 7) is 22.6. The molecular weight excluding hydrogens is 819 g/mol. The molecule has 1 heterocycles. The van der Waals surface area contributed by atoms with Gasteiger partial charge in [0.15, 0.2) is 11.5 Å². The average molecular weight is 874 g/mol. The van der Waals surface area contributed by atoms with Crippen molar-refractivity contribution in [3.05, 3.63) is 126 Å². The number of anilines is 1. The molecular formula is C50H55N3O9S. The number of fused-ring (bicyclic) bond motifs is 1. The Labute approximate surface area is 373 Å². The summed E-state index contributed by atoms with van der Waals surface area (Å²) in [6, 6.07) is 24.9. The largest absolute Gasteiger partial charge is 0.488 e. The molecule has 1 aromatic heterocycles. The van der Waals surface area contributed by atoms with Crippen molar-refractivity contribution in [2.45, 2.75) is 98.1 Å². The van der Waals surface area contributed by atoms with E-state index in [1.807, 2.05) is 106 Å². The molecule has 0 bridgehead atoms. The third-order valence-electron chi connectivity index (χ3n) is 8.36. The maximum absolute atomic E-state index is 13.2. The molecule has 0 unspecified atom stereocenters. The van der Waals surface area contributed by atoms with Crippen molar-refractivity contribution < 1.29 is 42.8 Å². The van der Waals surface area contributed by atoms with Gasteiger partial charge in [0.25, 0.3) is 0 Å².